The highest BCUT2D eigenvalue weighted by molar-refractivity contribution is 7.92. The molecule has 3 atom stereocenters. The minimum Gasteiger partial charge on any atom is -0.454 e. The largest absolute Gasteiger partial charge is 0.454 e. The van der Waals surface area contributed by atoms with Gasteiger partial charge in [-0.25, -0.2) is 8.42 Å². The van der Waals surface area contributed by atoms with Crippen molar-refractivity contribution in [1.29, 1.82) is 5.26 Å². The van der Waals surface area contributed by atoms with Crippen molar-refractivity contribution >= 4 is 16.1 Å². The molecule has 2 aromatic rings. The molecule has 7 heteroatoms. The van der Waals surface area contributed by atoms with E-state index in [9.17, 15) is 18.5 Å². The second-order valence-electron chi connectivity index (χ2n) is 6.03. The van der Waals surface area contributed by atoms with Gasteiger partial charge in [-0.3, -0.25) is 0 Å². The van der Waals surface area contributed by atoms with Crippen LogP contribution in [0.4, 0.5) is 0 Å². The van der Waals surface area contributed by atoms with E-state index in [0.29, 0.717) is 23.3 Å². The molecule has 25 heavy (non-hydrogen) atoms. The molecule has 0 aromatic heterocycles. The Labute approximate surface area is 144 Å². The van der Waals surface area contributed by atoms with Crippen LogP contribution in [-0.2, 0) is 14.6 Å². The summed E-state index contributed by atoms with van der Waals surface area (Å²) in [6.45, 7) is 0.0896. The number of nitriles is 1. The van der Waals surface area contributed by atoms with Gasteiger partial charge in [-0.1, -0.05) is 24.3 Å². The topological polar surface area (TPSA) is 93.5 Å². The summed E-state index contributed by atoms with van der Waals surface area (Å²) < 4.78 is 36.5. The fourth-order valence-electron chi connectivity index (χ4n) is 3.42. The van der Waals surface area contributed by atoms with Gasteiger partial charge in [0.25, 0.3) is 0 Å². The highest BCUT2D eigenvalue weighted by atomic mass is 32.2. The molecule has 1 fully saturated rings. The minimum atomic E-state index is -3.83. The predicted octanol–water partition coefficient (Wildman–Crippen LogP) is 2.06. The third-order valence-electron chi connectivity index (χ3n) is 4.73. The molecule has 1 aliphatic carbocycles. The Morgan fingerprint density at radius 2 is 1.84 bits per heavy atom. The number of nitrogens with zero attached hydrogens (tertiary/aromatic N) is 1. The van der Waals surface area contributed by atoms with Crippen molar-refractivity contribution in [2.75, 3.05) is 6.79 Å². The molecule has 0 saturated heterocycles. The Balaban J connectivity index is 1.80. The number of fused-ring (bicyclic) bond motifs is 1. The molecule has 2 aliphatic rings. The first-order chi connectivity index (χ1) is 12.0. The van der Waals surface area contributed by atoms with Crippen molar-refractivity contribution in [2.24, 2.45) is 5.41 Å². The molecule has 0 radical (unpaired) electrons. The van der Waals surface area contributed by atoms with Crippen LogP contribution in [0, 0.1) is 16.7 Å². The van der Waals surface area contributed by atoms with Crippen LogP contribution in [0.25, 0.3) is 0 Å². The van der Waals surface area contributed by atoms with Crippen molar-refractivity contribution in [3.8, 4) is 17.6 Å². The second kappa shape index (κ2) is 5.33. The van der Waals surface area contributed by atoms with Crippen LogP contribution in [-0.4, -0.2) is 26.7 Å². The Kier molecular flexibility index (Phi) is 3.34. The van der Waals surface area contributed by atoms with Gasteiger partial charge >= 0.3 is 0 Å². The number of ether oxygens (including phenoxy) is 2. The Morgan fingerprint density at radius 3 is 2.52 bits per heavy atom. The van der Waals surface area contributed by atoms with Crippen molar-refractivity contribution in [1.82, 2.24) is 0 Å². The zero-order valence-electron chi connectivity index (χ0n) is 13.0. The summed E-state index contributed by atoms with van der Waals surface area (Å²) >= 11 is 0. The second-order valence-corrected chi connectivity index (χ2v) is 8.10. The highest BCUT2D eigenvalue weighted by Gasteiger charge is 2.72. The van der Waals surface area contributed by atoms with Crippen molar-refractivity contribution in [2.45, 2.75) is 16.1 Å². The number of carbonyl (C=O) groups excluding carboxylic acids is 1. The van der Waals surface area contributed by atoms with Crippen LogP contribution in [0.5, 0.6) is 11.5 Å². The summed E-state index contributed by atoms with van der Waals surface area (Å²) in [6, 6.07) is 14.8. The molecule has 2 aromatic carbocycles. The number of sulfone groups is 1. The highest BCUT2D eigenvalue weighted by Crippen LogP contribution is 2.63. The predicted molar refractivity (Wildman–Crippen MR) is 86.8 cm³/mol. The normalized spacial score (nSPS) is 26.7. The van der Waals surface area contributed by atoms with Crippen LogP contribution in [0.3, 0.4) is 0 Å². The van der Waals surface area contributed by atoms with E-state index >= 15 is 0 Å². The van der Waals surface area contributed by atoms with E-state index in [4.69, 9.17) is 9.47 Å². The van der Waals surface area contributed by atoms with Crippen molar-refractivity contribution in [3.63, 3.8) is 0 Å². The summed E-state index contributed by atoms with van der Waals surface area (Å²) in [5.74, 6) is 0.299. The van der Waals surface area contributed by atoms with Gasteiger partial charge in [-0.2, -0.15) is 5.26 Å². The zero-order valence-corrected chi connectivity index (χ0v) is 13.8. The van der Waals surface area contributed by atoms with Crippen LogP contribution in [0.1, 0.15) is 11.5 Å². The summed E-state index contributed by atoms with van der Waals surface area (Å²) in [7, 11) is -3.83. The summed E-state index contributed by atoms with van der Waals surface area (Å²) in [4.78, 5) is 11.8. The number of carbonyl (C=O) groups is 1. The molecular weight excluding hydrogens is 342 g/mol. The quantitative estimate of drug-likeness (QED) is 0.780. The maximum absolute atomic E-state index is 13.0. The lowest BCUT2D eigenvalue weighted by Gasteiger charge is -2.04. The molecule has 1 aliphatic heterocycles. The maximum atomic E-state index is 13.0. The van der Waals surface area contributed by atoms with Gasteiger partial charge in [0, 0.05) is 5.92 Å². The third-order valence-corrected chi connectivity index (χ3v) is 6.99. The fraction of sp³-hybridized carbons (Fsp3) is 0.222. The third kappa shape index (κ3) is 2.14. The van der Waals surface area contributed by atoms with Gasteiger partial charge in [0.05, 0.1) is 11.0 Å². The Hall–Kier alpha value is -2.85. The van der Waals surface area contributed by atoms with E-state index in [1.165, 1.54) is 12.1 Å². The standard InChI is InChI=1S/C18H13NO5S/c19-9-18(10-20)16(12-6-7-14-15(8-12)24-11-23-14)17(18)25(21,22)13-4-2-1-3-5-13/h1-8,10,16-17H,11H2. The van der Waals surface area contributed by atoms with E-state index in [1.807, 2.05) is 6.07 Å². The molecule has 0 amide bonds. The SMILES string of the molecule is N#CC1(C=O)C(c2ccc3c(c2)OCO3)C1S(=O)(=O)c1ccccc1. The van der Waals surface area contributed by atoms with Crippen molar-refractivity contribution < 1.29 is 22.7 Å². The average Bonchev–Trinajstić information content (AvgIpc) is 3.12. The zero-order chi connectivity index (χ0) is 17.7. The summed E-state index contributed by atoms with van der Waals surface area (Å²) in [5, 5.41) is 8.44. The molecule has 6 nitrogen and oxygen atoms in total. The molecule has 3 unspecified atom stereocenters. The number of hydrogen-bond donors (Lipinski definition) is 0. The number of benzene rings is 2. The van der Waals surface area contributed by atoms with Crippen LogP contribution >= 0.6 is 0 Å². The summed E-state index contributed by atoms with van der Waals surface area (Å²) in [6.07, 6.45) is 0.452. The van der Waals surface area contributed by atoms with E-state index in [0.717, 1.165) is 0 Å². The lowest BCUT2D eigenvalue weighted by atomic mass is 10.0. The number of aldehydes is 1. The van der Waals surface area contributed by atoms with E-state index < -0.39 is 26.4 Å². The molecule has 126 valence electrons. The Bertz CT molecular complexity index is 996. The fourth-order valence-corrected chi connectivity index (χ4v) is 5.68. The number of rotatable bonds is 4. The molecule has 0 bridgehead atoms. The first kappa shape index (κ1) is 15.7. The maximum Gasteiger partial charge on any atom is 0.231 e. The van der Waals surface area contributed by atoms with Gasteiger partial charge in [-0.15, -0.1) is 0 Å². The van der Waals surface area contributed by atoms with Gasteiger partial charge in [0.2, 0.25) is 6.79 Å². The van der Waals surface area contributed by atoms with E-state index in [-0.39, 0.29) is 11.7 Å². The van der Waals surface area contributed by atoms with Gasteiger partial charge in [-0.05, 0) is 29.8 Å². The van der Waals surface area contributed by atoms with Gasteiger partial charge in [0.15, 0.2) is 21.3 Å². The smallest absolute Gasteiger partial charge is 0.231 e. The first-order valence-corrected chi connectivity index (χ1v) is 9.15. The first-order valence-electron chi connectivity index (χ1n) is 7.60. The lowest BCUT2D eigenvalue weighted by molar-refractivity contribution is -0.110. The summed E-state index contributed by atoms with van der Waals surface area (Å²) in [5.41, 5.74) is -1.02. The molecular formula is C18H13NO5S. The van der Waals surface area contributed by atoms with Gasteiger partial charge < -0.3 is 14.3 Å². The van der Waals surface area contributed by atoms with E-state index in [2.05, 4.69) is 0 Å². The molecule has 1 saturated carbocycles. The Morgan fingerprint density at radius 1 is 1.12 bits per heavy atom. The average molecular weight is 355 g/mol. The lowest BCUT2D eigenvalue weighted by Crippen LogP contribution is -2.16. The van der Waals surface area contributed by atoms with Crippen LogP contribution < -0.4 is 9.47 Å². The minimum absolute atomic E-state index is 0.0896. The van der Waals surface area contributed by atoms with Crippen LogP contribution in [0.2, 0.25) is 0 Å². The molecule has 0 spiro atoms. The molecule has 4 rings (SSSR count). The molecule has 1 heterocycles. The monoisotopic (exact) mass is 355 g/mol. The molecule has 0 N–H and O–H groups in total. The van der Waals surface area contributed by atoms with Crippen LogP contribution in [0.15, 0.2) is 53.4 Å². The number of hydrogen-bond acceptors (Lipinski definition) is 6. The van der Waals surface area contributed by atoms with E-state index in [1.54, 1.807) is 36.4 Å². The van der Waals surface area contributed by atoms with Gasteiger partial charge in [0.1, 0.15) is 17.0 Å². The van der Waals surface area contributed by atoms with Crippen molar-refractivity contribution in [3.05, 3.63) is 54.1 Å².